The van der Waals surface area contributed by atoms with Gasteiger partial charge in [0, 0.05) is 18.0 Å². The van der Waals surface area contributed by atoms with Crippen LogP contribution in [0.5, 0.6) is 0 Å². The van der Waals surface area contributed by atoms with E-state index in [0.717, 1.165) is 4.88 Å². The van der Waals surface area contributed by atoms with Gasteiger partial charge in [0.1, 0.15) is 5.82 Å². The Kier molecular flexibility index (Phi) is 4.94. The number of halogens is 2. The minimum absolute atomic E-state index is 0.0295. The van der Waals surface area contributed by atoms with Crippen LogP contribution >= 0.6 is 22.9 Å². The van der Waals surface area contributed by atoms with E-state index < -0.39 is 26.8 Å². The number of hydrogen-bond donors (Lipinski definition) is 0. The van der Waals surface area contributed by atoms with E-state index in [-0.39, 0.29) is 29.4 Å². The molecule has 1 aliphatic rings. The first-order valence-electron chi connectivity index (χ1n) is 7.38. The Labute approximate surface area is 148 Å². The van der Waals surface area contributed by atoms with E-state index in [9.17, 15) is 17.6 Å². The Morgan fingerprint density at radius 1 is 1.25 bits per heavy atom. The highest BCUT2D eigenvalue weighted by Crippen LogP contribution is 2.33. The van der Waals surface area contributed by atoms with E-state index in [0.29, 0.717) is 6.42 Å². The average Bonchev–Trinajstić information content (AvgIpc) is 2.98. The summed E-state index contributed by atoms with van der Waals surface area (Å²) in [6.07, 6.45) is 0.292. The summed E-state index contributed by atoms with van der Waals surface area (Å²) in [5, 5.41) is 1.24. The summed E-state index contributed by atoms with van der Waals surface area (Å²) in [6.45, 7) is 0.277. The number of hydrogen-bond acceptors (Lipinski definition) is 4. The number of rotatable bonds is 2. The van der Waals surface area contributed by atoms with Crippen molar-refractivity contribution in [2.24, 2.45) is 0 Å². The van der Waals surface area contributed by atoms with Crippen molar-refractivity contribution in [1.82, 2.24) is 4.90 Å². The minimum Gasteiger partial charge on any atom is -0.337 e. The van der Waals surface area contributed by atoms with E-state index in [1.165, 1.54) is 34.4 Å². The molecule has 0 aliphatic carbocycles. The van der Waals surface area contributed by atoms with E-state index in [2.05, 4.69) is 0 Å². The maximum absolute atomic E-state index is 14.0. The molecule has 1 fully saturated rings. The third kappa shape index (κ3) is 3.34. The van der Waals surface area contributed by atoms with Gasteiger partial charge in [0.15, 0.2) is 9.84 Å². The predicted octanol–water partition coefficient (Wildman–Crippen LogP) is 3.54. The molecule has 1 atom stereocenters. The smallest absolute Gasteiger partial charge is 0.258 e. The van der Waals surface area contributed by atoms with Crippen LogP contribution in [0.15, 0.2) is 35.7 Å². The summed E-state index contributed by atoms with van der Waals surface area (Å²) in [6, 6.07) is 7.64. The first-order valence-corrected chi connectivity index (χ1v) is 10.4. The van der Waals surface area contributed by atoms with E-state index >= 15 is 0 Å². The molecule has 1 saturated heterocycles. The van der Waals surface area contributed by atoms with Crippen molar-refractivity contribution >= 4 is 38.7 Å². The van der Waals surface area contributed by atoms with Gasteiger partial charge in [0.05, 0.1) is 21.6 Å². The first kappa shape index (κ1) is 17.4. The fourth-order valence-corrected chi connectivity index (χ4v) is 6.05. The maximum atomic E-state index is 14.0. The van der Waals surface area contributed by atoms with Gasteiger partial charge in [-0.3, -0.25) is 4.79 Å². The second-order valence-electron chi connectivity index (χ2n) is 5.55. The zero-order valence-corrected chi connectivity index (χ0v) is 15.0. The third-order valence-electron chi connectivity index (χ3n) is 4.06. The molecular formula is C16H15ClFNO3S2. The number of benzene rings is 1. The molecule has 128 valence electrons. The Morgan fingerprint density at radius 2 is 2.04 bits per heavy atom. The van der Waals surface area contributed by atoms with Crippen LogP contribution in [0.4, 0.5) is 4.39 Å². The summed E-state index contributed by atoms with van der Waals surface area (Å²) in [4.78, 5) is 14.7. The number of nitrogens with zero attached hydrogens (tertiary/aromatic N) is 1. The van der Waals surface area contributed by atoms with Crippen LogP contribution in [0.1, 0.15) is 26.9 Å². The van der Waals surface area contributed by atoms with Crippen LogP contribution in [0.3, 0.4) is 0 Å². The highest BCUT2D eigenvalue weighted by molar-refractivity contribution is 7.91. The Morgan fingerprint density at radius 3 is 2.71 bits per heavy atom. The highest BCUT2D eigenvalue weighted by atomic mass is 35.5. The zero-order chi connectivity index (χ0) is 17.3. The van der Waals surface area contributed by atoms with Crippen molar-refractivity contribution in [3.63, 3.8) is 0 Å². The molecule has 4 nitrogen and oxygen atoms in total. The van der Waals surface area contributed by atoms with Crippen LogP contribution in [-0.4, -0.2) is 38.1 Å². The molecule has 1 aromatic heterocycles. The monoisotopic (exact) mass is 387 g/mol. The van der Waals surface area contributed by atoms with E-state index in [1.54, 1.807) is 6.07 Å². The van der Waals surface area contributed by atoms with Crippen molar-refractivity contribution in [1.29, 1.82) is 0 Å². The molecule has 8 heteroatoms. The molecule has 0 bridgehead atoms. The van der Waals surface area contributed by atoms with E-state index in [4.69, 9.17) is 11.6 Å². The lowest BCUT2D eigenvalue weighted by Gasteiger charge is -2.20. The third-order valence-corrected chi connectivity index (χ3v) is 7.62. The second-order valence-corrected chi connectivity index (χ2v) is 9.24. The molecular weight excluding hydrogens is 373 g/mol. The molecule has 0 radical (unpaired) electrons. The number of amides is 1. The van der Waals surface area contributed by atoms with Crippen molar-refractivity contribution in [2.75, 3.05) is 18.8 Å². The minimum atomic E-state index is -3.36. The van der Waals surface area contributed by atoms with E-state index in [1.807, 2.05) is 11.4 Å². The van der Waals surface area contributed by atoms with Gasteiger partial charge in [-0.25, -0.2) is 12.8 Å². The molecule has 1 unspecified atom stereocenters. The van der Waals surface area contributed by atoms with Gasteiger partial charge in [0.2, 0.25) is 0 Å². The second kappa shape index (κ2) is 6.82. The normalized spacial score (nSPS) is 20.6. The SMILES string of the molecule is O=C(c1c(F)cccc1Cl)N1CCC(c2cccs2)S(=O)(=O)CC1. The van der Waals surface area contributed by atoms with Crippen LogP contribution < -0.4 is 0 Å². The molecule has 3 rings (SSSR count). The lowest BCUT2D eigenvalue weighted by Crippen LogP contribution is -2.34. The molecule has 2 heterocycles. The van der Waals surface area contributed by atoms with Crippen LogP contribution in [0.25, 0.3) is 0 Å². The fourth-order valence-electron chi connectivity index (χ4n) is 2.80. The molecule has 1 aromatic carbocycles. The quantitative estimate of drug-likeness (QED) is 0.791. The summed E-state index contributed by atoms with van der Waals surface area (Å²) in [7, 11) is -3.36. The number of carbonyl (C=O) groups is 1. The van der Waals surface area contributed by atoms with Crippen LogP contribution in [0.2, 0.25) is 5.02 Å². The lowest BCUT2D eigenvalue weighted by atomic mass is 10.1. The fraction of sp³-hybridized carbons (Fsp3) is 0.312. The summed E-state index contributed by atoms with van der Waals surface area (Å²) < 4.78 is 39.0. The van der Waals surface area contributed by atoms with Gasteiger partial charge >= 0.3 is 0 Å². The summed E-state index contributed by atoms with van der Waals surface area (Å²) >= 11 is 7.33. The van der Waals surface area contributed by atoms with Crippen molar-refractivity contribution in [3.05, 3.63) is 57.0 Å². The molecule has 1 amide bonds. The van der Waals surface area contributed by atoms with Gasteiger partial charge in [-0.05, 0) is 30.0 Å². The number of carbonyl (C=O) groups excluding carboxylic acids is 1. The zero-order valence-electron chi connectivity index (χ0n) is 12.6. The largest absolute Gasteiger partial charge is 0.337 e. The average molecular weight is 388 g/mol. The van der Waals surface area contributed by atoms with Gasteiger partial charge in [-0.2, -0.15) is 0 Å². The van der Waals surface area contributed by atoms with Gasteiger partial charge in [-0.1, -0.05) is 23.7 Å². The topological polar surface area (TPSA) is 54.5 Å². The molecule has 0 saturated carbocycles. The molecule has 2 aromatic rings. The number of thiophene rings is 1. The maximum Gasteiger partial charge on any atom is 0.258 e. The molecule has 24 heavy (non-hydrogen) atoms. The molecule has 1 aliphatic heterocycles. The summed E-state index contributed by atoms with van der Waals surface area (Å²) in [5.41, 5.74) is -0.203. The Bertz CT molecular complexity index is 832. The lowest BCUT2D eigenvalue weighted by molar-refractivity contribution is 0.0762. The van der Waals surface area contributed by atoms with Crippen molar-refractivity contribution in [2.45, 2.75) is 11.7 Å². The highest BCUT2D eigenvalue weighted by Gasteiger charge is 2.34. The molecule has 0 spiro atoms. The number of sulfone groups is 1. The van der Waals surface area contributed by atoms with Crippen LogP contribution in [-0.2, 0) is 9.84 Å². The predicted molar refractivity (Wildman–Crippen MR) is 92.8 cm³/mol. The van der Waals surface area contributed by atoms with Gasteiger partial charge in [-0.15, -0.1) is 11.3 Å². The van der Waals surface area contributed by atoms with Crippen molar-refractivity contribution < 1.29 is 17.6 Å². The first-order chi connectivity index (χ1) is 11.4. The Balaban J connectivity index is 1.86. The van der Waals surface area contributed by atoms with Gasteiger partial charge < -0.3 is 4.90 Å². The summed E-state index contributed by atoms with van der Waals surface area (Å²) in [5.74, 6) is -1.41. The van der Waals surface area contributed by atoms with Crippen molar-refractivity contribution in [3.8, 4) is 0 Å². The van der Waals surface area contributed by atoms with Crippen LogP contribution in [0, 0.1) is 5.82 Å². The van der Waals surface area contributed by atoms with Gasteiger partial charge in [0.25, 0.3) is 5.91 Å². The standard InChI is InChI=1S/C16H15ClFNO3S2/c17-11-3-1-4-12(18)15(11)16(20)19-7-6-14(13-5-2-9-23-13)24(21,22)10-8-19/h1-5,9,14H,6-8,10H2. The Hall–Kier alpha value is -1.44. The molecule has 0 N–H and O–H groups in total.